The summed E-state index contributed by atoms with van der Waals surface area (Å²) in [7, 11) is 0. The Hall–Kier alpha value is -2.11. The molecule has 25 heavy (non-hydrogen) atoms. The molecule has 2 aromatic carbocycles. The number of amides is 1. The summed E-state index contributed by atoms with van der Waals surface area (Å²) in [4.78, 5) is 16.5. The fourth-order valence-electron chi connectivity index (χ4n) is 3.33. The summed E-state index contributed by atoms with van der Waals surface area (Å²) < 4.78 is 5.70. The minimum atomic E-state index is 0.0184. The van der Waals surface area contributed by atoms with E-state index >= 15 is 0 Å². The lowest BCUT2D eigenvalue weighted by Crippen LogP contribution is -2.53. The first-order chi connectivity index (χ1) is 12.2. The highest BCUT2D eigenvalue weighted by Gasteiger charge is 2.25. The van der Waals surface area contributed by atoms with Crippen LogP contribution in [-0.2, 0) is 4.79 Å². The van der Waals surface area contributed by atoms with Gasteiger partial charge in [-0.25, -0.2) is 0 Å². The summed E-state index contributed by atoms with van der Waals surface area (Å²) in [6, 6.07) is 14.2. The van der Waals surface area contributed by atoms with Gasteiger partial charge in [-0.1, -0.05) is 37.3 Å². The second kappa shape index (κ2) is 8.32. The van der Waals surface area contributed by atoms with Gasteiger partial charge in [0.05, 0.1) is 6.61 Å². The van der Waals surface area contributed by atoms with Gasteiger partial charge in [0.2, 0.25) is 0 Å². The summed E-state index contributed by atoms with van der Waals surface area (Å²) in [5.41, 5.74) is 0. The van der Waals surface area contributed by atoms with Gasteiger partial charge in [-0.3, -0.25) is 9.69 Å². The van der Waals surface area contributed by atoms with Crippen molar-refractivity contribution in [3.8, 4) is 5.75 Å². The van der Waals surface area contributed by atoms with E-state index in [0.717, 1.165) is 36.0 Å². The lowest BCUT2D eigenvalue weighted by molar-refractivity contribution is -0.135. The maximum absolute atomic E-state index is 12.4. The molecule has 0 saturated carbocycles. The molecule has 0 bridgehead atoms. The van der Waals surface area contributed by atoms with E-state index in [0.29, 0.717) is 13.1 Å². The van der Waals surface area contributed by atoms with Crippen LogP contribution < -0.4 is 4.74 Å². The van der Waals surface area contributed by atoms with E-state index in [4.69, 9.17) is 4.74 Å². The van der Waals surface area contributed by atoms with E-state index in [1.165, 1.54) is 0 Å². The highest BCUT2D eigenvalue weighted by molar-refractivity contribution is 5.84. The zero-order valence-electron chi connectivity index (χ0n) is 14.7. The molecule has 1 saturated heterocycles. The number of aliphatic hydroxyl groups excluding tert-OH is 1. The molecule has 1 atom stereocenters. The summed E-state index contributed by atoms with van der Waals surface area (Å²) >= 11 is 0. The highest BCUT2D eigenvalue weighted by Crippen LogP contribution is 2.20. The number of aliphatic hydroxyl groups is 1. The van der Waals surface area contributed by atoms with Crippen molar-refractivity contribution in [3.63, 3.8) is 0 Å². The van der Waals surface area contributed by atoms with Gasteiger partial charge in [-0.15, -0.1) is 0 Å². The van der Waals surface area contributed by atoms with Gasteiger partial charge in [-0.05, 0) is 29.3 Å². The van der Waals surface area contributed by atoms with Gasteiger partial charge >= 0.3 is 0 Å². The number of fused-ring (bicyclic) bond motifs is 1. The topological polar surface area (TPSA) is 53.0 Å². The van der Waals surface area contributed by atoms with Crippen LogP contribution in [0.15, 0.2) is 42.5 Å². The van der Waals surface area contributed by atoms with Crippen LogP contribution in [0.4, 0.5) is 0 Å². The molecule has 1 unspecified atom stereocenters. The second-order valence-corrected chi connectivity index (χ2v) is 6.46. The van der Waals surface area contributed by atoms with E-state index in [-0.39, 0.29) is 25.2 Å². The molecule has 1 heterocycles. The van der Waals surface area contributed by atoms with Crippen LogP contribution in [0.2, 0.25) is 0 Å². The zero-order chi connectivity index (χ0) is 17.6. The van der Waals surface area contributed by atoms with Crippen molar-refractivity contribution in [1.29, 1.82) is 0 Å². The predicted molar refractivity (Wildman–Crippen MR) is 98.8 cm³/mol. The summed E-state index contributed by atoms with van der Waals surface area (Å²) in [6.45, 7) is 5.31. The van der Waals surface area contributed by atoms with Crippen LogP contribution in [0.1, 0.15) is 13.3 Å². The van der Waals surface area contributed by atoms with Crippen LogP contribution in [-0.4, -0.2) is 66.2 Å². The molecule has 0 aliphatic carbocycles. The Bertz CT molecular complexity index is 707. The SMILES string of the molecule is CCC(CO)N1CCN(C(=O)COc2ccc3ccccc3c2)CC1. The maximum Gasteiger partial charge on any atom is 0.260 e. The van der Waals surface area contributed by atoms with Crippen LogP contribution in [0.25, 0.3) is 10.8 Å². The lowest BCUT2D eigenvalue weighted by atomic mass is 10.1. The van der Waals surface area contributed by atoms with E-state index in [9.17, 15) is 9.90 Å². The maximum atomic E-state index is 12.4. The first-order valence-electron chi connectivity index (χ1n) is 8.95. The van der Waals surface area contributed by atoms with Crippen LogP contribution in [0.3, 0.4) is 0 Å². The molecule has 0 spiro atoms. The Morgan fingerprint density at radius 2 is 1.84 bits per heavy atom. The zero-order valence-corrected chi connectivity index (χ0v) is 14.7. The lowest BCUT2D eigenvalue weighted by Gasteiger charge is -2.38. The van der Waals surface area contributed by atoms with Gasteiger partial charge in [0, 0.05) is 32.2 Å². The van der Waals surface area contributed by atoms with E-state index in [1.54, 1.807) is 0 Å². The number of carbonyl (C=O) groups excluding carboxylic acids is 1. The molecule has 1 aliphatic heterocycles. The normalized spacial score (nSPS) is 16.8. The number of carbonyl (C=O) groups is 1. The number of rotatable bonds is 6. The molecule has 1 aliphatic rings. The van der Waals surface area contributed by atoms with Crippen molar-refractivity contribution in [3.05, 3.63) is 42.5 Å². The minimum absolute atomic E-state index is 0.0184. The number of hydrogen-bond acceptors (Lipinski definition) is 4. The number of hydrogen-bond donors (Lipinski definition) is 1. The molecule has 5 heteroatoms. The van der Waals surface area contributed by atoms with Crippen LogP contribution in [0.5, 0.6) is 5.75 Å². The van der Waals surface area contributed by atoms with E-state index in [2.05, 4.69) is 17.9 Å². The molecule has 1 N–H and O–H groups in total. The number of nitrogens with zero attached hydrogens (tertiary/aromatic N) is 2. The monoisotopic (exact) mass is 342 g/mol. The molecule has 3 rings (SSSR count). The first kappa shape index (κ1) is 17.7. The molecule has 2 aromatic rings. The van der Waals surface area contributed by atoms with Gasteiger partial charge in [-0.2, -0.15) is 0 Å². The third-order valence-electron chi connectivity index (χ3n) is 4.95. The summed E-state index contributed by atoms with van der Waals surface area (Å²) in [6.07, 6.45) is 0.926. The van der Waals surface area contributed by atoms with E-state index in [1.807, 2.05) is 41.3 Å². The highest BCUT2D eigenvalue weighted by atomic mass is 16.5. The Morgan fingerprint density at radius 1 is 1.12 bits per heavy atom. The molecular weight excluding hydrogens is 316 g/mol. The molecule has 1 fully saturated rings. The molecule has 0 aromatic heterocycles. The summed E-state index contributed by atoms with van der Waals surface area (Å²) in [5, 5.41) is 11.7. The number of ether oxygens (including phenoxy) is 1. The molecule has 0 radical (unpaired) electrons. The van der Waals surface area contributed by atoms with Gasteiger partial charge in [0.15, 0.2) is 6.61 Å². The van der Waals surface area contributed by atoms with Crippen molar-refractivity contribution in [1.82, 2.24) is 9.80 Å². The fourth-order valence-corrected chi connectivity index (χ4v) is 3.33. The Balaban J connectivity index is 1.51. The van der Waals surface area contributed by atoms with Gasteiger partial charge in [0.1, 0.15) is 5.75 Å². The first-order valence-corrected chi connectivity index (χ1v) is 8.95. The molecule has 134 valence electrons. The van der Waals surface area contributed by atoms with Gasteiger partial charge < -0.3 is 14.7 Å². The van der Waals surface area contributed by atoms with Crippen molar-refractivity contribution in [2.45, 2.75) is 19.4 Å². The molecule has 5 nitrogen and oxygen atoms in total. The van der Waals surface area contributed by atoms with Crippen molar-refractivity contribution in [2.75, 3.05) is 39.4 Å². The predicted octanol–water partition coefficient (Wildman–Crippen LogP) is 2.13. The quantitative estimate of drug-likeness (QED) is 0.874. The van der Waals surface area contributed by atoms with Gasteiger partial charge in [0.25, 0.3) is 5.91 Å². The third-order valence-corrected chi connectivity index (χ3v) is 4.95. The smallest absolute Gasteiger partial charge is 0.260 e. The second-order valence-electron chi connectivity index (χ2n) is 6.46. The molecule has 1 amide bonds. The van der Waals surface area contributed by atoms with Crippen LogP contribution >= 0.6 is 0 Å². The van der Waals surface area contributed by atoms with Crippen molar-refractivity contribution >= 4 is 16.7 Å². The third kappa shape index (κ3) is 4.30. The fraction of sp³-hybridized carbons (Fsp3) is 0.450. The number of piperazine rings is 1. The Labute approximate surface area is 148 Å². The minimum Gasteiger partial charge on any atom is -0.484 e. The Kier molecular flexibility index (Phi) is 5.89. The largest absolute Gasteiger partial charge is 0.484 e. The van der Waals surface area contributed by atoms with Crippen molar-refractivity contribution in [2.24, 2.45) is 0 Å². The molecular formula is C20H26N2O3. The average Bonchev–Trinajstić information content (AvgIpc) is 2.67. The number of benzene rings is 2. The van der Waals surface area contributed by atoms with Crippen LogP contribution in [0, 0.1) is 0 Å². The van der Waals surface area contributed by atoms with E-state index < -0.39 is 0 Å². The average molecular weight is 342 g/mol. The van der Waals surface area contributed by atoms with Crippen molar-refractivity contribution < 1.29 is 14.6 Å². The Morgan fingerprint density at radius 3 is 2.52 bits per heavy atom. The summed E-state index contributed by atoms with van der Waals surface area (Å²) in [5.74, 6) is 0.738. The standard InChI is InChI=1S/C20H26N2O3/c1-2-18(14-23)21-9-11-22(12-10-21)20(24)15-25-19-8-7-16-5-3-4-6-17(16)13-19/h3-8,13,18,23H,2,9-12,14-15H2,1H3.